The van der Waals surface area contributed by atoms with E-state index in [1.165, 1.54) is 44.4 Å². The number of phenolic OH excluding ortho intramolecular Hbond substituents is 2. The van der Waals surface area contributed by atoms with Crippen LogP contribution >= 0.6 is 0 Å². The molecular weight excluding hydrogens is 618 g/mol. The van der Waals surface area contributed by atoms with Gasteiger partial charge < -0.3 is 45.1 Å². The predicted molar refractivity (Wildman–Crippen MR) is 160 cm³/mol. The Hall–Kier alpha value is -4.63. The van der Waals surface area contributed by atoms with Crippen LogP contribution in [0.3, 0.4) is 0 Å². The van der Waals surface area contributed by atoms with E-state index in [0.29, 0.717) is 0 Å². The number of benzene rings is 2. The fraction of sp³-hybridized carbons (Fsp3) is 0.424. The quantitative estimate of drug-likeness (QED) is 0.143. The average molecular weight is 654 g/mol. The Bertz CT molecular complexity index is 1700. The average Bonchev–Trinajstić information content (AvgIpc) is 3.01. The number of ketones is 3. The molecule has 1 heterocycles. The van der Waals surface area contributed by atoms with Crippen LogP contribution in [-0.2, 0) is 30.3 Å². The number of phenols is 2. The number of ether oxygens (including phenoxy) is 3. The standard InChI is InChI=1S/C33H35NO13/c1-14-28(39)18(34-21(36)9-4-5-10-22(37)38)11-23(46-14)47-20-13-33(44,15(2)35)12-17-25(20)32(43)27-26(30(17)41)29(40)16-7-6-8-19(45-3)24(16)31(27)42/h4-8,14,18,20,23,28,39,41,43-44H,9-13H2,1-3H3,(H,34,36)(H,37,38)/b5-4+/t14-,18-,20-,23-,28+,33-/m0/s1. The Morgan fingerprint density at radius 2 is 1.74 bits per heavy atom. The number of hydrogen-bond acceptors (Lipinski definition) is 12. The summed E-state index contributed by atoms with van der Waals surface area (Å²) in [6, 6.07) is 3.45. The summed E-state index contributed by atoms with van der Waals surface area (Å²) in [7, 11) is 1.31. The first-order chi connectivity index (χ1) is 22.2. The number of carbonyl (C=O) groups is 5. The van der Waals surface area contributed by atoms with Gasteiger partial charge in [-0.05, 0) is 19.9 Å². The minimum Gasteiger partial charge on any atom is -0.507 e. The molecule has 1 saturated heterocycles. The maximum Gasteiger partial charge on any atom is 0.307 e. The number of carbonyl (C=O) groups excluding carboxylic acids is 4. The van der Waals surface area contributed by atoms with Gasteiger partial charge in [0.15, 0.2) is 17.9 Å². The lowest BCUT2D eigenvalue weighted by atomic mass is 9.72. The molecule has 0 saturated carbocycles. The summed E-state index contributed by atoms with van der Waals surface area (Å²) in [4.78, 5) is 63.3. The van der Waals surface area contributed by atoms with E-state index in [-0.39, 0.29) is 47.3 Å². The van der Waals surface area contributed by atoms with E-state index in [2.05, 4.69) is 5.32 Å². The van der Waals surface area contributed by atoms with Crippen LogP contribution in [0.2, 0.25) is 0 Å². The van der Waals surface area contributed by atoms with Gasteiger partial charge in [0, 0.05) is 42.4 Å². The molecule has 0 spiro atoms. The maximum absolute atomic E-state index is 13.8. The van der Waals surface area contributed by atoms with Crippen molar-refractivity contribution in [3.63, 3.8) is 0 Å². The molecule has 1 aliphatic heterocycles. The van der Waals surface area contributed by atoms with Gasteiger partial charge in [0.2, 0.25) is 11.7 Å². The molecule has 47 heavy (non-hydrogen) atoms. The van der Waals surface area contributed by atoms with E-state index in [0.717, 1.165) is 6.92 Å². The van der Waals surface area contributed by atoms with Gasteiger partial charge in [0.25, 0.3) is 0 Å². The Labute approximate surface area is 268 Å². The smallest absolute Gasteiger partial charge is 0.307 e. The van der Waals surface area contributed by atoms with Crippen molar-refractivity contribution in [3.8, 4) is 17.2 Å². The number of aromatic hydroxyl groups is 2. The highest BCUT2D eigenvalue weighted by Gasteiger charge is 2.49. The number of aliphatic carboxylic acids is 1. The number of Topliss-reactive ketones (excluding diaryl/α,β-unsaturated/α-hetero) is 1. The van der Waals surface area contributed by atoms with Gasteiger partial charge in [0.1, 0.15) is 29.0 Å². The third-order valence-corrected chi connectivity index (χ3v) is 8.86. The molecule has 1 fully saturated rings. The third kappa shape index (κ3) is 6.12. The van der Waals surface area contributed by atoms with Crippen molar-refractivity contribution in [3.05, 3.63) is 63.7 Å². The summed E-state index contributed by atoms with van der Waals surface area (Å²) in [5.41, 5.74) is -3.53. The zero-order valence-corrected chi connectivity index (χ0v) is 25.8. The van der Waals surface area contributed by atoms with Crippen LogP contribution in [0.1, 0.15) is 88.6 Å². The molecule has 0 aromatic heterocycles. The van der Waals surface area contributed by atoms with Gasteiger partial charge >= 0.3 is 5.97 Å². The monoisotopic (exact) mass is 653 g/mol. The van der Waals surface area contributed by atoms with Gasteiger partial charge in [-0.25, -0.2) is 0 Å². The number of methoxy groups -OCH3 is 1. The molecule has 14 heteroatoms. The molecular formula is C33H35NO13. The summed E-state index contributed by atoms with van der Waals surface area (Å²) >= 11 is 0. The van der Waals surface area contributed by atoms with Gasteiger partial charge in [-0.15, -0.1) is 0 Å². The topological polar surface area (TPSA) is 226 Å². The molecule has 6 atom stereocenters. The van der Waals surface area contributed by atoms with Crippen molar-refractivity contribution in [2.45, 2.75) is 82.2 Å². The third-order valence-electron chi connectivity index (χ3n) is 8.86. The van der Waals surface area contributed by atoms with Gasteiger partial charge in [-0.2, -0.15) is 0 Å². The van der Waals surface area contributed by atoms with E-state index in [4.69, 9.17) is 19.3 Å². The zero-order chi connectivity index (χ0) is 34.4. The van der Waals surface area contributed by atoms with Crippen LogP contribution < -0.4 is 10.1 Å². The number of carboxylic acids is 1. The van der Waals surface area contributed by atoms with E-state index >= 15 is 0 Å². The summed E-state index contributed by atoms with van der Waals surface area (Å²) in [6.45, 7) is 2.67. The molecule has 3 aliphatic rings. The van der Waals surface area contributed by atoms with Crippen LogP contribution in [0.4, 0.5) is 0 Å². The predicted octanol–water partition coefficient (Wildman–Crippen LogP) is 1.61. The largest absolute Gasteiger partial charge is 0.507 e. The van der Waals surface area contributed by atoms with Gasteiger partial charge in [-0.3, -0.25) is 24.0 Å². The van der Waals surface area contributed by atoms with Crippen LogP contribution in [0.5, 0.6) is 17.2 Å². The highest BCUT2D eigenvalue weighted by molar-refractivity contribution is 6.31. The van der Waals surface area contributed by atoms with Crippen LogP contribution in [-0.4, -0.2) is 92.0 Å². The summed E-state index contributed by atoms with van der Waals surface area (Å²) in [5.74, 6) is -5.10. The van der Waals surface area contributed by atoms with Gasteiger partial charge in [-0.1, -0.05) is 24.3 Å². The van der Waals surface area contributed by atoms with Crippen LogP contribution in [0.15, 0.2) is 30.4 Å². The Balaban J connectivity index is 1.51. The SMILES string of the molecule is COc1cccc2c1C(=O)c1c(O)c3c(c(O)c1C2=O)C[C@@](O)(C(C)=O)C[C@@H]3O[C@H]1C[C@H](NC(=O)C/C=C/CC(=O)O)[C@H](O)[C@H](C)O1. The first-order valence-corrected chi connectivity index (χ1v) is 14.9. The number of carboxylic acid groups (broad SMARTS) is 1. The number of nitrogens with one attached hydrogen (secondary N) is 1. The molecule has 0 unspecified atom stereocenters. The van der Waals surface area contributed by atoms with Crippen LogP contribution in [0.25, 0.3) is 0 Å². The fourth-order valence-corrected chi connectivity index (χ4v) is 6.41. The number of aliphatic hydroxyl groups excluding tert-OH is 1. The summed E-state index contributed by atoms with van der Waals surface area (Å²) in [5, 5.41) is 56.7. The second kappa shape index (κ2) is 12.9. The van der Waals surface area contributed by atoms with Crippen molar-refractivity contribution in [1.82, 2.24) is 5.32 Å². The Morgan fingerprint density at radius 1 is 1.06 bits per heavy atom. The number of fused-ring (bicyclic) bond motifs is 3. The molecule has 5 rings (SSSR count). The first kappa shape index (κ1) is 33.7. The number of rotatable bonds is 9. The molecule has 2 aromatic carbocycles. The van der Waals surface area contributed by atoms with Crippen molar-refractivity contribution < 1.29 is 63.7 Å². The Kier molecular flexibility index (Phi) is 9.24. The number of aliphatic hydroxyl groups is 2. The van der Waals surface area contributed by atoms with E-state index in [9.17, 15) is 44.4 Å². The molecule has 250 valence electrons. The molecule has 6 N–H and O–H groups in total. The zero-order valence-electron chi connectivity index (χ0n) is 25.8. The highest BCUT2D eigenvalue weighted by Crippen LogP contribution is 2.52. The number of amides is 1. The van der Waals surface area contributed by atoms with E-state index < -0.39 is 101 Å². The van der Waals surface area contributed by atoms with Crippen molar-refractivity contribution in [1.29, 1.82) is 0 Å². The maximum atomic E-state index is 13.8. The summed E-state index contributed by atoms with van der Waals surface area (Å²) in [6.07, 6.45) is -3.37. The minimum absolute atomic E-state index is 0.0597. The molecule has 1 amide bonds. The molecule has 2 aromatic rings. The Morgan fingerprint density at radius 3 is 2.40 bits per heavy atom. The fourth-order valence-electron chi connectivity index (χ4n) is 6.41. The second-order valence-electron chi connectivity index (χ2n) is 11.9. The van der Waals surface area contributed by atoms with Crippen molar-refractivity contribution in [2.75, 3.05) is 7.11 Å². The van der Waals surface area contributed by atoms with Crippen LogP contribution in [0, 0.1) is 0 Å². The molecule has 14 nitrogen and oxygen atoms in total. The lowest BCUT2D eigenvalue weighted by molar-refractivity contribution is -0.249. The molecule has 0 radical (unpaired) electrons. The van der Waals surface area contributed by atoms with E-state index in [1.807, 2.05) is 0 Å². The lowest BCUT2D eigenvalue weighted by Gasteiger charge is -2.42. The normalized spacial score (nSPS) is 26.7. The number of hydrogen-bond donors (Lipinski definition) is 6. The minimum atomic E-state index is -2.10. The highest BCUT2D eigenvalue weighted by atomic mass is 16.7. The lowest BCUT2D eigenvalue weighted by Crippen LogP contribution is -2.55. The molecule has 0 bridgehead atoms. The van der Waals surface area contributed by atoms with Crippen molar-refractivity contribution >= 4 is 29.2 Å². The van der Waals surface area contributed by atoms with Gasteiger partial charge in [0.05, 0.1) is 48.5 Å². The second-order valence-corrected chi connectivity index (χ2v) is 11.9. The summed E-state index contributed by atoms with van der Waals surface area (Å²) < 4.78 is 17.3. The van der Waals surface area contributed by atoms with Crippen molar-refractivity contribution in [2.24, 2.45) is 0 Å². The molecule has 2 aliphatic carbocycles. The van der Waals surface area contributed by atoms with E-state index in [1.54, 1.807) is 0 Å². The first-order valence-electron chi connectivity index (χ1n) is 14.9.